The highest BCUT2D eigenvalue weighted by molar-refractivity contribution is 6.00. The maximum atomic E-state index is 12.1. The van der Waals surface area contributed by atoms with E-state index in [-0.39, 0.29) is 17.6 Å². The van der Waals surface area contributed by atoms with Crippen LogP contribution in [0.2, 0.25) is 0 Å². The Morgan fingerprint density at radius 1 is 1.03 bits per heavy atom. The van der Waals surface area contributed by atoms with E-state index in [9.17, 15) is 9.59 Å². The fourth-order valence-electron chi connectivity index (χ4n) is 2.70. The maximum Gasteiger partial charge on any atom is 0.247 e. The molecule has 170 valence electrons. The van der Waals surface area contributed by atoms with Gasteiger partial charge in [0.2, 0.25) is 17.7 Å². The maximum absolute atomic E-state index is 12.1. The van der Waals surface area contributed by atoms with Gasteiger partial charge in [0.05, 0.1) is 24.1 Å². The fourth-order valence-corrected chi connectivity index (χ4v) is 2.70. The fraction of sp³-hybridized carbons (Fsp3) is 0.174. The van der Waals surface area contributed by atoms with E-state index in [0.29, 0.717) is 47.5 Å². The molecule has 0 fully saturated rings. The number of carbonyl (C=O) groups excluding carboxylic acids is 2. The van der Waals surface area contributed by atoms with Crippen LogP contribution in [0.5, 0.6) is 5.88 Å². The van der Waals surface area contributed by atoms with Crippen molar-refractivity contribution in [1.82, 2.24) is 15.0 Å². The van der Waals surface area contributed by atoms with Crippen molar-refractivity contribution in [3.8, 4) is 5.88 Å². The molecule has 0 spiro atoms. The third-order valence-corrected chi connectivity index (χ3v) is 4.28. The van der Waals surface area contributed by atoms with Gasteiger partial charge >= 0.3 is 0 Å². The third kappa shape index (κ3) is 6.84. The van der Waals surface area contributed by atoms with Crippen LogP contribution in [0.1, 0.15) is 17.3 Å². The molecule has 1 aromatic carbocycles. The van der Waals surface area contributed by atoms with Gasteiger partial charge in [0.15, 0.2) is 5.78 Å². The second kappa shape index (κ2) is 11.3. The summed E-state index contributed by atoms with van der Waals surface area (Å²) in [6.07, 6.45) is 4.21. The molecule has 0 aliphatic heterocycles. The number of rotatable bonds is 11. The van der Waals surface area contributed by atoms with Crippen LogP contribution in [0.4, 0.5) is 28.8 Å². The first kappa shape index (κ1) is 23.4. The van der Waals surface area contributed by atoms with Crippen molar-refractivity contribution in [2.75, 3.05) is 36.3 Å². The molecule has 0 atom stereocenters. The van der Waals surface area contributed by atoms with E-state index >= 15 is 0 Å². The zero-order valence-corrected chi connectivity index (χ0v) is 18.3. The number of aromatic nitrogens is 3. The van der Waals surface area contributed by atoms with E-state index in [1.165, 1.54) is 19.2 Å². The van der Waals surface area contributed by atoms with Crippen LogP contribution in [-0.4, -0.2) is 47.0 Å². The molecule has 10 heteroatoms. The summed E-state index contributed by atoms with van der Waals surface area (Å²) in [5.74, 6) is 0.539. The van der Waals surface area contributed by atoms with Gasteiger partial charge in [0.25, 0.3) is 0 Å². The van der Waals surface area contributed by atoms with Crippen LogP contribution < -0.4 is 20.7 Å². The van der Waals surface area contributed by atoms with E-state index in [1.54, 1.807) is 49.7 Å². The number of hydrogen-bond donors (Lipinski definition) is 3. The van der Waals surface area contributed by atoms with E-state index in [1.807, 2.05) is 0 Å². The molecule has 0 bridgehead atoms. The minimum atomic E-state index is -0.325. The normalized spacial score (nSPS) is 10.2. The van der Waals surface area contributed by atoms with Crippen molar-refractivity contribution in [2.45, 2.75) is 6.92 Å². The minimum absolute atomic E-state index is 0.195. The standard InChI is InChI=1S/C23H24N6O4/c1-4-20(31)26-16-6-5-7-17(12-16)27-22-19(15(2)30)14-25-23(29-22)28-18-8-9-21(24-13-18)33-11-10-32-3/h4-9,12-14H,1,10-11H2,2-3H3,(H,26,31)(H2,25,27,28,29). The first-order valence-electron chi connectivity index (χ1n) is 10.0. The number of anilines is 5. The Morgan fingerprint density at radius 2 is 1.85 bits per heavy atom. The number of hydrogen-bond acceptors (Lipinski definition) is 9. The molecule has 2 aromatic heterocycles. The minimum Gasteiger partial charge on any atom is -0.475 e. The average Bonchev–Trinajstić information content (AvgIpc) is 2.80. The van der Waals surface area contributed by atoms with Crippen molar-refractivity contribution < 1.29 is 19.1 Å². The van der Waals surface area contributed by atoms with Crippen molar-refractivity contribution in [3.05, 3.63) is 67.0 Å². The van der Waals surface area contributed by atoms with Crippen LogP contribution in [0.15, 0.2) is 61.4 Å². The van der Waals surface area contributed by atoms with Crippen LogP contribution in [0.25, 0.3) is 0 Å². The first-order valence-corrected chi connectivity index (χ1v) is 10.0. The lowest BCUT2D eigenvalue weighted by atomic mass is 10.2. The van der Waals surface area contributed by atoms with Gasteiger partial charge in [-0.2, -0.15) is 4.98 Å². The highest BCUT2D eigenvalue weighted by atomic mass is 16.5. The van der Waals surface area contributed by atoms with Gasteiger partial charge in [-0.05, 0) is 37.3 Å². The summed E-state index contributed by atoms with van der Waals surface area (Å²) in [7, 11) is 1.60. The predicted molar refractivity (Wildman–Crippen MR) is 125 cm³/mol. The number of nitrogens with one attached hydrogen (secondary N) is 3. The summed E-state index contributed by atoms with van der Waals surface area (Å²) in [6, 6.07) is 10.5. The molecule has 33 heavy (non-hydrogen) atoms. The Balaban J connectivity index is 1.77. The summed E-state index contributed by atoms with van der Waals surface area (Å²) in [6.45, 7) is 5.74. The Hall–Kier alpha value is -4.31. The molecular weight excluding hydrogens is 424 g/mol. The number of benzene rings is 1. The van der Waals surface area contributed by atoms with Gasteiger partial charge in [0.1, 0.15) is 12.4 Å². The lowest BCUT2D eigenvalue weighted by Crippen LogP contribution is -2.09. The van der Waals surface area contributed by atoms with E-state index < -0.39 is 0 Å². The van der Waals surface area contributed by atoms with Gasteiger partial charge in [-0.1, -0.05) is 12.6 Å². The molecule has 0 unspecified atom stereocenters. The Morgan fingerprint density at radius 3 is 2.55 bits per heavy atom. The number of ketones is 1. The van der Waals surface area contributed by atoms with Crippen molar-refractivity contribution >= 4 is 40.5 Å². The number of nitrogens with zero attached hydrogens (tertiary/aromatic N) is 3. The smallest absolute Gasteiger partial charge is 0.247 e. The molecule has 0 radical (unpaired) electrons. The molecule has 3 aromatic rings. The molecular formula is C23H24N6O4. The average molecular weight is 448 g/mol. The van der Waals surface area contributed by atoms with Crippen LogP contribution >= 0.6 is 0 Å². The Bertz CT molecular complexity index is 1130. The van der Waals surface area contributed by atoms with E-state index in [2.05, 4.69) is 37.5 Å². The van der Waals surface area contributed by atoms with Gasteiger partial charge in [0, 0.05) is 30.7 Å². The number of methoxy groups -OCH3 is 1. The summed E-state index contributed by atoms with van der Waals surface area (Å²) < 4.78 is 10.4. The zero-order chi connectivity index (χ0) is 23.6. The number of Topliss-reactive ketones (excluding diaryl/α,β-unsaturated/α-hetero) is 1. The highest BCUT2D eigenvalue weighted by Gasteiger charge is 2.13. The monoisotopic (exact) mass is 448 g/mol. The number of pyridine rings is 1. The van der Waals surface area contributed by atoms with Crippen LogP contribution in [0.3, 0.4) is 0 Å². The molecule has 0 aliphatic carbocycles. The summed E-state index contributed by atoms with van der Waals surface area (Å²) in [5.41, 5.74) is 2.16. The van der Waals surface area contributed by atoms with Crippen molar-refractivity contribution in [1.29, 1.82) is 0 Å². The second-order valence-electron chi connectivity index (χ2n) is 6.76. The lowest BCUT2D eigenvalue weighted by molar-refractivity contribution is -0.111. The van der Waals surface area contributed by atoms with E-state index in [4.69, 9.17) is 9.47 Å². The van der Waals surface area contributed by atoms with Gasteiger partial charge in [-0.25, -0.2) is 9.97 Å². The molecule has 3 N–H and O–H groups in total. The summed E-state index contributed by atoms with van der Waals surface area (Å²) in [4.78, 5) is 36.5. The van der Waals surface area contributed by atoms with Crippen molar-refractivity contribution in [3.63, 3.8) is 0 Å². The van der Waals surface area contributed by atoms with E-state index in [0.717, 1.165) is 0 Å². The van der Waals surface area contributed by atoms with Crippen LogP contribution in [-0.2, 0) is 9.53 Å². The van der Waals surface area contributed by atoms with Gasteiger partial charge < -0.3 is 25.4 Å². The van der Waals surface area contributed by atoms with Gasteiger partial charge in [-0.15, -0.1) is 0 Å². The second-order valence-corrected chi connectivity index (χ2v) is 6.76. The SMILES string of the molecule is C=CC(=O)Nc1cccc(Nc2nc(Nc3ccc(OCCOC)nc3)ncc2C(C)=O)c1. The van der Waals surface area contributed by atoms with Gasteiger partial charge in [-0.3, -0.25) is 9.59 Å². The molecule has 0 saturated heterocycles. The molecule has 1 amide bonds. The molecule has 0 aliphatic rings. The summed E-state index contributed by atoms with van der Waals surface area (Å²) >= 11 is 0. The predicted octanol–water partition coefficient (Wildman–Crippen LogP) is 3.71. The number of ether oxygens (including phenoxy) is 2. The molecule has 2 heterocycles. The summed E-state index contributed by atoms with van der Waals surface area (Å²) in [5, 5.41) is 8.85. The third-order valence-electron chi connectivity index (χ3n) is 4.28. The molecule has 0 saturated carbocycles. The molecule has 3 rings (SSSR count). The first-order chi connectivity index (χ1) is 16.0. The Labute approximate surface area is 191 Å². The highest BCUT2D eigenvalue weighted by Crippen LogP contribution is 2.24. The topological polar surface area (TPSA) is 127 Å². The van der Waals surface area contributed by atoms with Crippen molar-refractivity contribution in [2.24, 2.45) is 0 Å². The lowest BCUT2D eigenvalue weighted by Gasteiger charge is -2.13. The quantitative estimate of drug-likeness (QED) is 0.228. The largest absolute Gasteiger partial charge is 0.475 e. The molecule has 10 nitrogen and oxygen atoms in total. The zero-order valence-electron chi connectivity index (χ0n) is 18.3. The Kier molecular flexibility index (Phi) is 8.03. The number of amides is 1. The number of carbonyl (C=O) groups is 2. The van der Waals surface area contributed by atoms with Crippen LogP contribution in [0, 0.1) is 0 Å².